The Bertz CT molecular complexity index is 2790. The Balaban J connectivity index is 1.31. The summed E-state index contributed by atoms with van der Waals surface area (Å²) < 4.78 is 66.8. The molecule has 2 aromatic rings. The van der Waals surface area contributed by atoms with Crippen molar-refractivity contribution in [1.29, 1.82) is 0 Å². The second-order valence-electron chi connectivity index (χ2n) is 25.7. The molecule has 37 heteroatoms. The molecule has 1 aliphatic heterocycles. The molecule has 3 heterocycles. The number of hydrogen-bond acceptors (Lipinski definition) is 24. The zero-order chi connectivity index (χ0) is 74.4. The number of carbonyl (C=O) groups excluding carboxylic acids is 8. The van der Waals surface area contributed by atoms with Crippen molar-refractivity contribution in [3.05, 3.63) is 18.3 Å². The molecule has 2 aromatic heterocycles. The summed E-state index contributed by atoms with van der Waals surface area (Å²) in [7, 11) is -8.27. The molecule has 2 fully saturated rings. The number of fused-ring (bicyclic) bond motifs is 1. The summed E-state index contributed by atoms with van der Waals surface area (Å²) >= 11 is 0. The van der Waals surface area contributed by atoms with Crippen molar-refractivity contribution in [2.45, 2.75) is 204 Å². The van der Waals surface area contributed by atoms with E-state index in [4.69, 9.17) is 43.1 Å². The van der Waals surface area contributed by atoms with Gasteiger partial charge in [-0.2, -0.15) is 0 Å². The van der Waals surface area contributed by atoms with Gasteiger partial charge in [-0.05, 0) is 96.8 Å². The second kappa shape index (κ2) is 50.6. The van der Waals surface area contributed by atoms with Crippen LogP contribution in [-0.4, -0.2) is 251 Å². The minimum absolute atomic E-state index is 0.00568. The van der Waals surface area contributed by atoms with E-state index in [0.29, 0.717) is 126 Å². The molecule has 0 aromatic carbocycles. The van der Waals surface area contributed by atoms with Gasteiger partial charge in [0, 0.05) is 136 Å². The first kappa shape index (κ1) is 88.6. The molecule has 0 bridgehead atoms. The van der Waals surface area contributed by atoms with Gasteiger partial charge in [0.25, 0.3) is 0 Å². The number of carbonyl (C=O) groups is 8. The van der Waals surface area contributed by atoms with E-state index in [2.05, 4.69) is 56.7 Å². The third-order valence-corrected chi connectivity index (χ3v) is 19.0. The summed E-state index contributed by atoms with van der Waals surface area (Å²) in [6.07, 6.45) is 10.8. The SMILES string of the molecule is COP(=O)(O)OC[C@H]1C[C@@H](n2cnc3c(C)ncnc32)C[C@@H]1OP(=O)(O)OC[C@@H]1C[C@@H](O)CN1C(=O)CCCCCCCCC(=O)NC(COCCC(=O)NCCCNC(=O)CCCCO)(COCCC(=O)NCCCNC(=O)CCCCO)COCCC(=O)NCCCNC(=O)CCCCO. The van der Waals surface area contributed by atoms with Crippen LogP contribution in [0.2, 0.25) is 0 Å². The van der Waals surface area contributed by atoms with Crippen LogP contribution in [0.25, 0.3) is 11.2 Å². The number of phosphoric ester groups is 2. The third kappa shape index (κ3) is 37.3. The number of ether oxygens (including phenoxy) is 3. The van der Waals surface area contributed by atoms with E-state index in [1.807, 2.05) is 0 Å². The van der Waals surface area contributed by atoms with Gasteiger partial charge >= 0.3 is 15.6 Å². The van der Waals surface area contributed by atoms with Crippen molar-refractivity contribution in [2.75, 3.05) is 126 Å². The van der Waals surface area contributed by atoms with Crippen molar-refractivity contribution < 1.29 is 110 Å². The Labute approximate surface area is 597 Å². The molecule has 7 atom stereocenters. The van der Waals surface area contributed by atoms with Crippen molar-refractivity contribution in [2.24, 2.45) is 5.92 Å². The maximum absolute atomic E-state index is 13.9. The van der Waals surface area contributed by atoms with Gasteiger partial charge in [-0.15, -0.1) is 0 Å². The number of nitrogens with one attached hydrogen (secondary N) is 7. The highest BCUT2D eigenvalue weighted by Gasteiger charge is 2.44. The largest absolute Gasteiger partial charge is 0.472 e. The van der Waals surface area contributed by atoms with E-state index < -0.39 is 52.0 Å². The fourth-order valence-corrected chi connectivity index (χ4v) is 13.0. The van der Waals surface area contributed by atoms with Gasteiger partial charge in [0.1, 0.15) is 17.4 Å². The van der Waals surface area contributed by atoms with Crippen LogP contribution in [0.4, 0.5) is 0 Å². The van der Waals surface area contributed by atoms with E-state index in [1.165, 1.54) is 11.2 Å². The molecule has 0 spiro atoms. The number of aliphatic hydroxyl groups excluding tert-OH is 4. The first-order valence-electron chi connectivity index (χ1n) is 35.8. The molecule has 13 N–H and O–H groups in total. The molecule has 2 unspecified atom stereocenters. The van der Waals surface area contributed by atoms with Crippen molar-refractivity contribution >= 4 is 74.1 Å². The first-order chi connectivity index (χ1) is 49.0. The summed E-state index contributed by atoms with van der Waals surface area (Å²) in [5.74, 6) is -2.75. The lowest BCUT2D eigenvalue weighted by atomic mass is 10.0. The fraction of sp³-hybridized carbons (Fsp3) is 0.800. The van der Waals surface area contributed by atoms with Crippen LogP contribution in [0, 0.1) is 12.8 Å². The van der Waals surface area contributed by atoms with Crippen molar-refractivity contribution in [3.63, 3.8) is 0 Å². The first-order valence-corrected chi connectivity index (χ1v) is 38.8. The summed E-state index contributed by atoms with van der Waals surface area (Å²) in [5, 5.41) is 57.3. The topological polar surface area (TPSA) is 488 Å². The number of aryl methyl sites for hydroxylation is 1. The highest BCUT2D eigenvalue weighted by molar-refractivity contribution is 7.47. The number of hydrogen-bond donors (Lipinski definition) is 13. The Hall–Kier alpha value is -5.75. The number of aromatic nitrogens is 4. The molecule has 0 radical (unpaired) electrons. The summed E-state index contributed by atoms with van der Waals surface area (Å²) in [6, 6.07) is -1.13. The van der Waals surface area contributed by atoms with Gasteiger partial charge in [0.05, 0.1) is 83.1 Å². The van der Waals surface area contributed by atoms with Gasteiger partial charge in [-0.25, -0.2) is 24.1 Å². The van der Waals surface area contributed by atoms with Crippen LogP contribution < -0.4 is 37.2 Å². The lowest BCUT2D eigenvalue weighted by Gasteiger charge is -2.34. The average molecular weight is 1490 g/mol. The highest BCUT2D eigenvalue weighted by Crippen LogP contribution is 2.52. The van der Waals surface area contributed by atoms with E-state index >= 15 is 0 Å². The van der Waals surface area contributed by atoms with E-state index in [-0.39, 0.29) is 216 Å². The molecular formula is C65H114N12O23P2. The van der Waals surface area contributed by atoms with Crippen LogP contribution in [0.5, 0.6) is 0 Å². The molecule has 1 saturated heterocycles. The average Bonchev–Trinajstić information content (AvgIpc) is 1.63. The van der Waals surface area contributed by atoms with Crippen LogP contribution in [-0.2, 0) is 79.8 Å². The number of β-amino-alcohol motifs (C(OH)–C–C–N with tert-alkyl or cyclic N) is 1. The number of nitrogens with zero attached hydrogens (tertiary/aromatic N) is 5. The number of imidazole rings is 1. The van der Waals surface area contributed by atoms with Gasteiger partial charge in [-0.1, -0.05) is 25.7 Å². The zero-order valence-electron chi connectivity index (χ0n) is 59.4. The number of aliphatic hydroxyl groups is 4. The fourth-order valence-electron chi connectivity index (χ4n) is 11.5. The number of rotatable bonds is 59. The maximum Gasteiger partial charge on any atom is 0.472 e. The Morgan fingerprint density at radius 3 is 1.43 bits per heavy atom. The Kier molecular flexibility index (Phi) is 44.0. The molecule has 2 aliphatic rings. The van der Waals surface area contributed by atoms with Crippen LogP contribution in [0.1, 0.15) is 179 Å². The Morgan fingerprint density at radius 1 is 0.529 bits per heavy atom. The molecule has 4 rings (SSSR count). The van der Waals surface area contributed by atoms with Gasteiger partial charge in [-0.3, -0.25) is 56.5 Å². The van der Waals surface area contributed by atoms with Gasteiger partial charge in [0.15, 0.2) is 5.65 Å². The van der Waals surface area contributed by atoms with E-state index in [0.717, 1.165) is 13.5 Å². The minimum Gasteiger partial charge on any atom is -0.396 e. The summed E-state index contributed by atoms with van der Waals surface area (Å²) in [4.78, 5) is 138. The standard InChI is InChI=1S/C65H114N12O23P2/c1-49-63-64(73-47-72-49)77(48-74-63)51-38-50(42-98-101(90,91)94-2)54(40-51)100-102(92,93)99-43-52-39-53(81)41-76(52)62(89)22-8-6-4-3-5-7-21-61(88)75-65(44-95-35-23-58(85)69-29-15-26-66-55(82)18-9-12-32-78,45-96-36-24-59(86)70-30-16-27-67-56(83)19-10-13-33-79)46-97-37-25-60(87)71-31-17-28-68-57(84)20-11-14-34-80/h47-48,50-54,78-81H,3-46H2,1-2H3,(H,66,82)(H,67,83)(H,68,84)(H,69,85)(H,70,86)(H,71,87)(H,75,88)(H,90,91)(H,92,93)/t50-,51-,52+,53-,54+/m1/s1. The molecule has 8 amide bonds. The van der Waals surface area contributed by atoms with Gasteiger partial charge < -0.3 is 91.1 Å². The second-order valence-corrected chi connectivity index (χ2v) is 28.6. The van der Waals surface area contributed by atoms with Crippen LogP contribution in [0.3, 0.4) is 0 Å². The molecule has 1 saturated carbocycles. The quantitative estimate of drug-likeness (QED) is 0.0332. The number of phosphoric acid groups is 2. The number of unbranched alkanes of at least 4 members (excludes halogenated alkanes) is 8. The summed E-state index contributed by atoms with van der Waals surface area (Å²) in [5.41, 5.74) is 0.350. The molecule has 102 heavy (non-hydrogen) atoms. The van der Waals surface area contributed by atoms with Gasteiger partial charge in [0.2, 0.25) is 47.3 Å². The minimum atomic E-state index is -4.85. The lowest BCUT2D eigenvalue weighted by molar-refractivity contribution is -0.133. The van der Waals surface area contributed by atoms with E-state index in [9.17, 15) is 62.4 Å². The number of amides is 8. The van der Waals surface area contributed by atoms with E-state index in [1.54, 1.807) is 17.8 Å². The monoisotopic (exact) mass is 1490 g/mol. The molecule has 582 valence electrons. The highest BCUT2D eigenvalue weighted by atomic mass is 31.2. The lowest BCUT2D eigenvalue weighted by Crippen LogP contribution is -2.58. The normalized spacial score (nSPS) is 18.0. The van der Waals surface area contributed by atoms with Crippen molar-refractivity contribution in [1.82, 2.24) is 61.6 Å². The molecule has 35 nitrogen and oxygen atoms in total. The Morgan fingerprint density at radius 2 is 0.961 bits per heavy atom. The third-order valence-electron chi connectivity index (χ3n) is 17.1. The molecular weight excluding hydrogens is 1380 g/mol. The predicted octanol–water partition coefficient (Wildman–Crippen LogP) is 1.86. The smallest absolute Gasteiger partial charge is 0.396 e. The summed E-state index contributed by atoms with van der Waals surface area (Å²) in [6.45, 7) is 2.03. The zero-order valence-corrected chi connectivity index (χ0v) is 61.2. The maximum atomic E-state index is 13.9. The number of likely N-dealkylation sites (tertiary alicyclic amines) is 1. The molecule has 1 aliphatic carbocycles. The predicted molar refractivity (Wildman–Crippen MR) is 370 cm³/mol. The van der Waals surface area contributed by atoms with Crippen LogP contribution in [0.15, 0.2) is 12.7 Å². The van der Waals surface area contributed by atoms with Crippen molar-refractivity contribution in [3.8, 4) is 0 Å². The van der Waals surface area contributed by atoms with Crippen LogP contribution >= 0.6 is 15.6 Å².